The van der Waals surface area contributed by atoms with E-state index in [1.165, 1.54) is 34.4 Å². The van der Waals surface area contributed by atoms with Gasteiger partial charge in [-0.05, 0) is 24.3 Å². The first-order valence-electron chi connectivity index (χ1n) is 8.14. The lowest BCUT2D eigenvalue weighted by Gasteiger charge is -2.15. The van der Waals surface area contributed by atoms with Crippen LogP contribution >= 0.6 is 11.3 Å². The second-order valence-corrected chi connectivity index (χ2v) is 6.82. The molecule has 0 aliphatic rings. The molecule has 0 unspecified atom stereocenters. The number of thiazole rings is 1. The summed E-state index contributed by atoms with van der Waals surface area (Å²) in [4.78, 5) is 29.7. The Morgan fingerprint density at radius 2 is 1.85 bits per heavy atom. The quantitative estimate of drug-likeness (QED) is 0.582. The fourth-order valence-corrected chi connectivity index (χ4v) is 3.29. The van der Waals surface area contributed by atoms with Crippen molar-refractivity contribution in [2.75, 3.05) is 20.3 Å². The maximum Gasteiger partial charge on any atom is 0.344 e. The molecule has 3 aromatic rings. The maximum atomic E-state index is 13.4. The number of fused-ring (bicyclic) bond motifs is 1. The summed E-state index contributed by atoms with van der Waals surface area (Å²) >= 11 is 1.51. The van der Waals surface area contributed by atoms with E-state index in [0.717, 1.165) is 15.2 Å². The fraction of sp³-hybridized carbons (Fsp3) is 0.211. The molecule has 0 spiro atoms. The number of halogens is 1. The number of aromatic nitrogens is 1. The zero-order valence-electron chi connectivity index (χ0n) is 14.6. The van der Waals surface area contributed by atoms with E-state index in [1.807, 2.05) is 24.3 Å². The Bertz CT molecular complexity index is 927. The van der Waals surface area contributed by atoms with Gasteiger partial charge in [0.25, 0.3) is 5.91 Å². The monoisotopic (exact) mass is 388 g/mol. The second-order valence-electron chi connectivity index (χ2n) is 5.70. The minimum Gasteiger partial charge on any atom is -0.479 e. The Balaban J connectivity index is 1.45. The van der Waals surface area contributed by atoms with Crippen LogP contribution in [0.4, 0.5) is 4.39 Å². The normalized spacial score (nSPS) is 10.6. The molecule has 0 fully saturated rings. The lowest BCUT2D eigenvalue weighted by atomic mass is 10.3. The van der Waals surface area contributed by atoms with E-state index < -0.39 is 25.0 Å². The molecule has 6 nitrogen and oxygen atoms in total. The van der Waals surface area contributed by atoms with Crippen LogP contribution in [-0.2, 0) is 20.9 Å². The highest BCUT2D eigenvalue weighted by molar-refractivity contribution is 7.18. The molecule has 0 radical (unpaired) electrons. The average Bonchev–Trinajstić information content (AvgIpc) is 3.07. The second kappa shape index (κ2) is 8.59. The van der Waals surface area contributed by atoms with Crippen molar-refractivity contribution in [1.82, 2.24) is 9.88 Å². The lowest BCUT2D eigenvalue weighted by molar-refractivity contribution is -0.153. The van der Waals surface area contributed by atoms with Crippen LogP contribution < -0.4 is 4.74 Å². The van der Waals surface area contributed by atoms with Crippen molar-refractivity contribution in [3.63, 3.8) is 0 Å². The van der Waals surface area contributed by atoms with E-state index in [4.69, 9.17) is 9.47 Å². The van der Waals surface area contributed by atoms with E-state index in [2.05, 4.69) is 4.98 Å². The molecule has 0 bridgehead atoms. The Morgan fingerprint density at radius 3 is 2.63 bits per heavy atom. The highest BCUT2D eigenvalue weighted by Gasteiger charge is 2.15. The summed E-state index contributed by atoms with van der Waals surface area (Å²) in [5.41, 5.74) is 0.884. The van der Waals surface area contributed by atoms with Crippen LogP contribution in [0.3, 0.4) is 0 Å². The standard InChI is InChI=1S/C19H17FN2O4S/c1-22(10-17-21-14-7-3-5-9-16(14)27-17)18(23)11-26-19(24)12-25-15-8-4-2-6-13(15)20/h2-9H,10-12H2,1H3. The van der Waals surface area contributed by atoms with Gasteiger partial charge in [-0.15, -0.1) is 11.3 Å². The largest absolute Gasteiger partial charge is 0.479 e. The van der Waals surface area contributed by atoms with Crippen LogP contribution in [0, 0.1) is 5.82 Å². The highest BCUT2D eigenvalue weighted by atomic mass is 32.1. The Kier molecular flexibility index (Phi) is 5.97. The number of amides is 1. The summed E-state index contributed by atoms with van der Waals surface area (Å²) in [5, 5.41) is 0.793. The van der Waals surface area contributed by atoms with Gasteiger partial charge in [0.2, 0.25) is 0 Å². The molecule has 0 atom stereocenters. The van der Waals surface area contributed by atoms with Gasteiger partial charge in [-0.25, -0.2) is 14.2 Å². The minimum atomic E-state index is -0.750. The number of para-hydroxylation sites is 2. The third kappa shape index (κ3) is 5.01. The van der Waals surface area contributed by atoms with Gasteiger partial charge in [0.05, 0.1) is 16.8 Å². The van der Waals surface area contributed by atoms with Crippen molar-refractivity contribution in [3.8, 4) is 5.75 Å². The number of benzene rings is 2. The molecule has 3 rings (SSSR count). The SMILES string of the molecule is CN(Cc1nc2ccccc2s1)C(=O)COC(=O)COc1ccccc1F. The topological polar surface area (TPSA) is 68.7 Å². The smallest absolute Gasteiger partial charge is 0.344 e. The molecule has 140 valence electrons. The number of rotatable bonds is 7. The number of ether oxygens (including phenoxy) is 2. The van der Waals surface area contributed by atoms with Gasteiger partial charge >= 0.3 is 5.97 Å². The van der Waals surface area contributed by atoms with Gasteiger partial charge in [-0.3, -0.25) is 4.79 Å². The summed E-state index contributed by atoms with van der Waals surface area (Å²) in [5.74, 6) is -1.74. The van der Waals surface area contributed by atoms with Gasteiger partial charge in [0.1, 0.15) is 5.01 Å². The molecule has 0 aliphatic carbocycles. The van der Waals surface area contributed by atoms with Crippen LogP contribution in [0.5, 0.6) is 5.75 Å². The van der Waals surface area contributed by atoms with Crippen molar-refractivity contribution in [3.05, 3.63) is 59.4 Å². The summed E-state index contributed by atoms with van der Waals surface area (Å²) in [6.45, 7) is -0.571. The Hall–Kier alpha value is -3.00. The molecular weight excluding hydrogens is 371 g/mol. The zero-order chi connectivity index (χ0) is 19.2. The summed E-state index contributed by atoms with van der Waals surface area (Å²) < 4.78 is 24.4. The molecule has 0 saturated carbocycles. The first-order chi connectivity index (χ1) is 13.0. The van der Waals surface area contributed by atoms with Crippen molar-refractivity contribution < 1.29 is 23.5 Å². The fourth-order valence-electron chi connectivity index (χ4n) is 2.27. The number of carbonyl (C=O) groups excluding carboxylic acids is 2. The molecule has 27 heavy (non-hydrogen) atoms. The lowest BCUT2D eigenvalue weighted by Crippen LogP contribution is -2.31. The molecule has 0 aliphatic heterocycles. The van der Waals surface area contributed by atoms with Crippen LogP contribution in [0.2, 0.25) is 0 Å². The summed E-state index contributed by atoms with van der Waals surface area (Å²) in [7, 11) is 1.61. The predicted octanol–water partition coefficient (Wildman–Crippen LogP) is 3.02. The molecule has 1 heterocycles. The third-order valence-electron chi connectivity index (χ3n) is 3.68. The van der Waals surface area contributed by atoms with Crippen LogP contribution in [0.25, 0.3) is 10.2 Å². The molecule has 0 saturated heterocycles. The summed E-state index contributed by atoms with van der Waals surface area (Å²) in [6.07, 6.45) is 0. The molecule has 1 aromatic heterocycles. The zero-order valence-corrected chi connectivity index (χ0v) is 15.4. The molecule has 1 amide bonds. The van der Waals surface area contributed by atoms with Gasteiger partial charge < -0.3 is 14.4 Å². The predicted molar refractivity (Wildman–Crippen MR) is 98.9 cm³/mol. The number of nitrogens with zero attached hydrogens (tertiary/aromatic N) is 2. The first kappa shape index (κ1) is 18.8. The summed E-state index contributed by atoms with van der Waals surface area (Å²) in [6, 6.07) is 13.4. The number of likely N-dealkylation sites (N-methyl/N-ethyl adjacent to an activating group) is 1. The van der Waals surface area contributed by atoms with E-state index in [0.29, 0.717) is 6.54 Å². The highest BCUT2D eigenvalue weighted by Crippen LogP contribution is 2.22. The van der Waals surface area contributed by atoms with Gasteiger partial charge in [-0.1, -0.05) is 24.3 Å². The minimum absolute atomic E-state index is 0.0475. The van der Waals surface area contributed by atoms with Gasteiger partial charge in [-0.2, -0.15) is 0 Å². The third-order valence-corrected chi connectivity index (χ3v) is 4.70. The number of hydrogen-bond donors (Lipinski definition) is 0. The van der Waals surface area contributed by atoms with Crippen molar-refractivity contribution >= 4 is 33.4 Å². The Morgan fingerprint density at radius 1 is 1.11 bits per heavy atom. The number of esters is 1. The number of carbonyl (C=O) groups is 2. The van der Waals surface area contributed by atoms with Crippen molar-refractivity contribution in [2.24, 2.45) is 0 Å². The molecule has 0 N–H and O–H groups in total. The van der Waals surface area contributed by atoms with E-state index >= 15 is 0 Å². The van der Waals surface area contributed by atoms with Crippen LogP contribution in [-0.4, -0.2) is 42.0 Å². The van der Waals surface area contributed by atoms with Crippen LogP contribution in [0.1, 0.15) is 5.01 Å². The van der Waals surface area contributed by atoms with Gasteiger partial charge in [0.15, 0.2) is 24.8 Å². The average molecular weight is 388 g/mol. The maximum absolute atomic E-state index is 13.4. The van der Waals surface area contributed by atoms with Crippen LogP contribution in [0.15, 0.2) is 48.5 Å². The Labute approximate surface area is 159 Å². The molecular formula is C19H17FN2O4S. The van der Waals surface area contributed by atoms with Gasteiger partial charge in [0, 0.05) is 7.05 Å². The van der Waals surface area contributed by atoms with Crippen molar-refractivity contribution in [2.45, 2.75) is 6.54 Å². The van der Waals surface area contributed by atoms with E-state index in [1.54, 1.807) is 13.1 Å². The molecule has 8 heteroatoms. The van der Waals surface area contributed by atoms with E-state index in [-0.39, 0.29) is 11.7 Å². The first-order valence-corrected chi connectivity index (χ1v) is 8.96. The van der Waals surface area contributed by atoms with Crippen molar-refractivity contribution in [1.29, 1.82) is 0 Å². The number of hydrogen-bond acceptors (Lipinski definition) is 6. The van der Waals surface area contributed by atoms with E-state index in [9.17, 15) is 14.0 Å². The molecule has 2 aromatic carbocycles.